The second-order valence-corrected chi connectivity index (χ2v) is 6.19. The average molecular weight is 263 g/mol. The van der Waals surface area contributed by atoms with Crippen LogP contribution in [0.15, 0.2) is 24.3 Å². The Kier molecular flexibility index (Phi) is 2.87. The lowest BCUT2D eigenvalue weighted by molar-refractivity contribution is 0.338. The van der Waals surface area contributed by atoms with E-state index in [-0.39, 0.29) is 5.54 Å². The van der Waals surface area contributed by atoms with E-state index >= 15 is 0 Å². The predicted molar refractivity (Wildman–Crippen MR) is 77.0 cm³/mol. The van der Waals surface area contributed by atoms with E-state index in [4.69, 9.17) is 11.6 Å². The molecule has 0 unspecified atom stereocenters. The zero-order chi connectivity index (χ0) is 12.8. The van der Waals surface area contributed by atoms with Gasteiger partial charge in [0.1, 0.15) is 0 Å². The average Bonchev–Trinajstić information content (AvgIpc) is 3.15. The summed E-state index contributed by atoms with van der Waals surface area (Å²) >= 11 is 6.41. The molecule has 1 aliphatic rings. The highest BCUT2D eigenvalue weighted by atomic mass is 35.5. The molecule has 2 aromatic rings. The Bertz CT molecular complexity index is 567. The summed E-state index contributed by atoms with van der Waals surface area (Å²) < 4.78 is 0. The first-order chi connectivity index (χ1) is 8.58. The van der Waals surface area contributed by atoms with Gasteiger partial charge >= 0.3 is 0 Å². The molecule has 18 heavy (non-hydrogen) atoms. The van der Waals surface area contributed by atoms with Gasteiger partial charge in [-0.1, -0.05) is 29.8 Å². The van der Waals surface area contributed by atoms with Gasteiger partial charge in [0.05, 0.1) is 5.02 Å². The highest BCUT2D eigenvalue weighted by molar-refractivity contribution is 6.36. The molecule has 3 heteroatoms. The van der Waals surface area contributed by atoms with Crippen LogP contribution in [0.2, 0.25) is 5.02 Å². The standard InChI is InChI=1S/C15H19ClN2/c1-15(2,10-7-8-10)17-9-13-14(16)11-5-3-4-6-12(11)18-13/h3-6,10,17-18H,7-9H2,1-2H3. The molecule has 0 radical (unpaired) electrons. The van der Waals surface area contributed by atoms with Gasteiger partial charge in [0, 0.05) is 28.7 Å². The van der Waals surface area contributed by atoms with Gasteiger partial charge in [-0.2, -0.15) is 0 Å². The highest BCUT2D eigenvalue weighted by Crippen LogP contribution is 2.39. The Hall–Kier alpha value is -0.990. The van der Waals surface area contributed by atoms with Crippen LogP contribution >= 0.6 is 11.6 Å². The molecule has 0 aliphatic heterocycles. The number of halogens is 1. The Labute approximate surface area is 113 Å². The van der Waals surface area contributed by atoms with Crippen molar-refractivity contribution in [3.8, 4) is 0 Å². The van der Waals surface area contributed by atoms with Crippen molar-refractivity contribution in [2.75, 3.05) is 0 Å². The molecule has 0 spiro atoms. The molecule has 1 fully saturated rings. The Morgan fingerprint density at radius 2 is 2.06 bits per heavy atom. The second-order valence-electron chi connectivity index (χ2n) is 5.81. The number of hydrogen-bond donors (Lipinski definition) is 2. The lowest BCUT2D eigenvalue weighted by Gasteiger charge is -2.26. The van der Waals surface area contributed by atoms with Crippen LogP contribution in [0.1, 0.15) is 32.4 Å². The molecule has 1 heterocycles. The Balaban J connectivity index is 1.80. The number of fused-ring (bicyclic) bond motifs is 1. The summed E-state index contributed by atoms with van der Waals surface area (Å²) in [5.74, 6) is 0.820. The number of benzene rings is 1. The van der Waals surface area contributed by atoms with Gasteiger partial charge in [0.15, 0.2) is 0 Å². The number of aromatic amines is 1. The van der Waals surface area contributed by atoms with Gasteiger partial charge in [-0.15, -0.1) is 0 Å². The van der Waals surface area contributed by atoms with Crippen LogP contribution in [0, 0.1) is 5.92 Å². The summed E-state index contributed by atoms with van der Waals surface area (Å²) in [5, 5.41) is 5.59. The van der Waals surface area contributed by atoms with Gasteiger partial charge in [0.25, 0.3) is 0 Å². The summed E-state index contributed by atoms with van der Waals surface area (Å²) in [5.41, 5.74) is 2.41. The quantitative estimate of drug-likeness (QED) is 0.853. The van der Waals surface area contributed by atoms with Crippen molar-refractivity contribution in [1.29, 1.82) is 0 Å². The molecule has 1 aromatic carbocycles. The van der Waals surface area contributed by atoms with E-state index in [1.807, 2.05) is 12.1 Å². The smallest absolute Gasteiger partial charge is 0.0705 e. The third-order valence-electron chi connectivity index (χ3n) is 4.03. The second kappa shape index (κ2) is 4.29. The van der Waals surface area contributed by atoms with Crippen LogP contribution in [0.3, 0.4) is 0 Å². The minimum Gasteiger partial charge on any atom is -0.356 e. The largest absolute Gasteiger partial charge is 0.356 e. The van der Waals surface area contributed by atoms with E-state index in [0.29, 0.717) is 0 Å². The van der Waals surface area contributed by atoms with E-state index < -0.39 is 0 Å². The first-order valence-electron chi connectivity index (χ1n) is 6.58. The monoisotopic (exact) mass is 262 g/mol. The van der Waals surface area contributed by atoms with Crippen molar-refractivity contribution in [2.24, 2.45) is 5.92 Å². The molecule has 96 valence electrons. The van der Waals surface area contributed by atoms with E-state index in [1.165, 1.54) is 12.8 Å². The summed E-state index contributed by atoms with van der Waals surface area (Å²) in [6.07, 6.45) is 2.70. The molecular weight excluding hydrogens is 244 g/mol. The molecule has 1 aliphatic carbocycles. The van der Waals surface area contributed by atoms with E-state index in [2.05, 4.69) is 36.3 Å². The maximum absolute atomic E-state index is 6.41. The summed E-state index contributed by atoms with van der Waals surface area (Å²) in [7, 11) is 0. The van der Waals surface area contributed by atoms with Crippen molar-refractivity contribution in [1.82, 2.24) is 10.3 Å². The van der Waals surface area contributed by atoms with Gasteiger partial charge in [-0.3, -0.25) is 0 Å². The molecule has 0 saturated heterocycles. The number of H-pyrrole nitrogens is 1. The van der Waals surface area contributed by atoms with Crippen LogP contribution in [0.4, 0.5) is 0 Å². The van der Waals surface area contributed by atoms with Crippen LogP contribution in [0.5, 0.6) is 0 Å². The van der Waals surface area contributed by atoms with Crippen molar-refractivity contribution in [2.45, 2.75) is 38.8 Å². The van der Waals surface area contributed by atoms with Crippen molar-refractivity contribution in [3.05, 3.63) is 35.0 Å². The van der Waals surface area contributed by atoms with E-state index in [1.54, 1.807) is 0 Å². The van der Waals surface area contributed by atoms with Gasteiger partial charge in [-0.25, -0.2) is 0 Å². The fraction of sp³-hybridized carbons (Fsp3) is 0.467. The lowest BCUT2D eigenvalue weighted by Crippen LogP contribution is -2.40. The third kappa shape index (κ3) is 2.15. The molecule has 2 nitrogen and oxygen atoms in total. The highest BCUT2D eigenvalue weighted by Gasteiger charge is 2.37. The molecule has 0 amide bonds. The SMILES string of the molecule is CC(C)(NCc1[nH]c2ccccc2c1Cl)C1CC1. The topological polar surface area (TPSA) is 27.8 Å². The number of hydrogen-bond acceptors (Lipinski definition) is 1. The first kappa shape index (κ1) is 12.1. The summed E-state index contributed by atoms with van der Waals surface area (Å²) in [4.78, 5) is 3.40. The predicted octanol–water partition coefficient (Wildman–Crippen LogP) is 4.10. The zero-order valence-electron chi connectivity index (χ0n) is 10.9. The lowest BCUT2D eigenvalue weighted by atomic mass is 9.99. The molecule has 1 saturated carbocycles. The number of aromatic nitrogens is 1. The van der Waals surface area contributed by atoms with Crippen LogP contribution in [0.25, 0.3) is 10.9 Å². The number of para-hydroxylation sites is 1. The Morgan fingerprint density at radius 1 is 1.33 bits per heavy atom. The van der Waals surface area contributed by atoms with Crippen LogP contribution in [-0.4, -0.2) is 10.5 Å². The van der Waals surface area contributed by atoms with Crippen LogP contribution < -0.4 is 5.32 Å². The molecule has 0 atom stereocenters. The number of rotatable bonds is 4. The van der Waals surface area contributed by atoms with Crippen molar-refractivity contribution in [3.63, 3.8) is 0 Å². The third-order valence-corrected chi connectivity index (χ3v) is 4.46. The van der Waals surface area contributed by atoms with E-state index in [0.717, 1.165) is 34.1 Å². The van der Waals surface area contributed by atoms with Gasteiger partial charge in [0.2, 0.25) is 0 Å². The fourth-order valence-corrected chi connectivity index (χ4v) is 2.83. The maximum atomic E-state index is 6.41. The van der Waals surface area contributed by atoms with Gasteiger partial charge in [-0.05, 0) is 38.7 Å². The molecular formula is C15H19ClN2. The fourth-order valence-electron chi connectivity index (χ4n) is 2.55. The van der Waals surface area contributed by atoms with Gasteiger partial charge < -0.3 is 10.3 Å². The summed E-state index contributed by atoms with van der Waals surface area (Å²) in [6, 6.07) is 8.17. The molecule has 1 aromatic heterocycles. The first-order valence-corrected chi connectivity index (χ1v) is 6.96. The van der Waals surface area contributed by atoms with Crippen molar-refractivity contribution < 1.29 is 0 Å². The molecule has 0 bridgehead atoms. The maximum Gasteiger partial charge on any atom is 0.0705 e. The number of nitrogens with one attached hydrogen (secondary N) is 2. The minimum atomic E-state index is 0.209. The Morgan fingerprint density at radius 3 is 2.72 bits per heavy atom. The molecule has 2 N–H and O–H groups in total. The summed E-state index contributed by atoms with van der Waals surface area (Å²) in [6.45, 7) is 5.36. The molecule has 3 rings (SSSR count). The van der Waals surface area contributed by atoms with Crippen molar-refractivity contribution >= 4 is 22.5 Å². The zero-order valence-corrected chi connectivity index (χ0v) is 11.6. The van der Waals surface area contributed by atoms with E-state index in [9.17, 15) is 0 Å². The minimum absolute atomic E-state index is 0.209. The van der Waals surface area contributed by atoms with Crippen LogP contribution in [-0.2, 0) is 6.54 Å². The normalized spacial score (nSPS) is 16.4.